The number of fused-ring (bicyclic) bond motifs is 1. The predicted octanol–water partition coefficient (Wildman–Crippen LogP) is 3.29. The zero-order valence-electron chi connectivity index (χ0n) is 16.9. The summed E-state index contributed by atoms with van der Waals surface area (Å²) in [6.45, 7) is -0.621. The minimum Gasteiger partial charge on any atom is -0.452 e. The van der Waals surface area contributed by atoms with Crippen molar-refractivity contribution in [3.8, 4) is 6.07 Å². The molecule has 0 fully saturated rings. The lowest BCUT2D eigenvalue weighted by Crippen LogP contribution is -2.29. The van der Waals surface area contributed by atoms with E-state index in [-0.39, 0.29) is 33.6 Å². The van der Waals surface area contributed by atoms with Gasteiger partial charge in [0.15, 0.2) is 6.61 Å². The molecule has 0 radical (unpaired) electrons. The second-order valence-electron chi connectivity index (χ2n) is 6.96. The van der Waals surface area contributed by atoms with Gasteiger partial charge in [-0.3, -0.25) is 14.4 Å². The summed E-state index contributed by atoms with van der Waals surface area (Å²) in [6, 6.07) is 17.0. The fraction of sp³-hybridized carbons (Fsp3) is 0.0417. The number of carbonyl (C=O) groups is 4. The summed E-state index contributed by atoms with van der Waals surface area (Å²) < 4.78 is 18.2. The number of nitrogens with one attached hydrogen (secondary N) is 1. The smallest absolute Gasteiger partial charge is 0.338 e. The Labute approximate surface area is 186 Å². The Hall–Kier alpha value is -4.84. The molecule has 0 atom stereocenters. The summed E-state index contributed by atoms with van der Waals surface area (Å²) in [5, 5.41) is 11.5. The molecule has 0 aliphatic carbocycles. The number of halogens is 1. The molecule has 3 aromatic rings. The summed E-state index contributed by atoms with van der Waals surface area (Å²) in [7, 11) is 0. The second-order valence-corrected chi connectivity index (χ2v) is 6.96. The molecule has 8 nitrogen and oxygen atoms in total. The molecule has 162 valence electrons. The predicted molar refractivity (Wildman–Crippen MR) is 114 cm³/mol. The standard InChI is InChI=1S/C24H14FN3O5/c25-16-6-8-17(9-7-16)28-22(30)18-10-5-14(11-19(18)23(28)31)24(32)33-13-21(29)27-20-4-2-1-3-15(20)12-26/h1-11H,13H2,(H,27,29). The number of esters is 1. The number of nitriles is 1. The van der Waals surface area contributed by atoms with Crippen LogP contribution in [0, 0.1) is 17.1 Å². The molecule has 0 bridgehead atoms. The molecule has 1 aliphatic rings. The fourth-order valence-corrected chi connectivity index (χ4v) is 3.28. The number of imide groups is 1. The highest BCUT2D eigenvalue weighted by Gasteiger charge is 2.37. The van der Waals surface area contributed by atoms with Crippen molar-refractivity contribution in [3.05, 3.63) is 94.8 Å². The number of benzene rings is 3. The fourth-order valence-electron chi connectivity index (χ4n) is 3.28. The Morgan fingerprint density at radius 3 is 2.39 bits per heavy atom. The summed E-state index contributed by atoms with van der Waals surface area (Å²) in [4.78, 5) is 50.8. The maximum atomic E-state index is 13.2. The highest BCUT2D eigenvalue weighted by molar-refractivity contribution is 6.34. The lowest BCUT2D eigenvalue weighted by Gasteiger charge is -2.13. The first kappa shape index (κ1) is 21.4. The number of anilines is 2. The van der Waals surface area contributed by atoms with Crippen LogP contribution in [0.2, 0.25) is 0 Å². The first-order chi connectivity index (χ1) is 15.9. The van der Waals surface area contributed by atoms with Crippen LogP contribution in [-0.2, 0) is 9.53 Å². The van der Waals surface area contributed by atoms with Gasteiger partial charge in [-0.15, -0.1) is 0 Å². The average Bonchev–Trinajstić information content (AvgIpc) is 3.08. The van der Waals surface area contributed by atoms with Crippen molar-refractivity contribution in [3.63, 3.8) is 0 Å². The Morgan fingerprint density at radius 2 is 1.67 bits per heavy atom. The first-order valence-corrected chi connectivity index (χ1v) is 9.63. The summed E-state index contributed by atoms with van der Waals surface area (Å²) in [6.07, 6.45) is 0. The van der Waals surface area contributed by atoms with E-state index in [1.807, 2.05) is 6.07 Å². The lowest BCUT2D eigenvalue weighted by molar-refractivity contribution is -0.119. The van der Waals surface area contributed by atoms with Crippen molar-refractivity contribution >= 4 is 35.1 Å². The van der Waals surface area contributed by atoms with E-state index in [0.29, 0.717) is 0 Å². The molecule has 1 heterocycles. The maximum absolute atomic E-state index is 13.2. The zero-order chi connectivity index (χ0) is 23.5. The van der Waals surface area contributed by atoms with Gasteiger partial charge in [0.1, 0.15) is 11.9 Å². The van der Waals surface area contributed by atoms with E-state index in [4.69, 9.17) is 10.00 Å². The molecule has 33 heavy (non-hydrogen) atoms. The lowest BCUT2D eigenvalue weighted by atomic mass is 10.1. The zero-order valence-corrected chi connectivity index (χ0v) is 16.9. The number of carbonyl (C=O) groups excluding carboxylic acids is 4. The van der Waals surface area contributed by atoms with Crippen LogP contribution in [0.3, 0.4) is 0 Å². The van der Waals surface area contributed by atoms with Crippen LogP contribution in [-0.4, -0.2) is 30.3 Å². The Bertz CT molecular complexity index is 1340. The van der Waals surface area contributed by atoms with Gasteiger partial charge in [-0.2, -0.15) is 5.26 Å². The molecule has 1 N–H and O–H groups in total. The van der Waals surface area contributed by atoms with Gasteiger partial charge in [0.2, 0.25) is 0 Å². The summed E-state index contributed by atoms with van der Waals surface area (Å²) >= 11 is 0. The van der Waals surface area contributed by atoms with Crippen molar-refractivity contribution in [1.29, 1.82) is 5.26 Å². The Kier molecular flexibility index (Phi) is 5.66. The molecular formula is C24H14FN3O5. The Morgan fingerprint density at radius 1 is 0.970 bits per heavy atom. The van der Waals surface area contributed by atoms with E-state index >= 15 is 0 Å². The molecule has 0 aromatic heterocycles. The quantitative estimate of drug-likeness (QED) is 0.478. The third kappa shape index (κ3) is 4.18. The number of amides is 3. The van der Waals surface area contributed by atoms with E-state index < -0.39 is 36.1 Å². The van der Waals surface area contributed by atoms with Crippen molar-refractivity contribution < 1.29 is 28.3 Å². The van der Waals surface area contributed by atoms with Gasteiger partial charge in [0, 0.05) is 0 Å². The van der Waals surface area contributed by atoms with Crippen LogP contribution in [0.1, 0.15) is 36.6 Å². The van der Waals surface area contributed by atoms with Crippen LogP contribution >= 0.6 is 0 Å². The number of hydrogen-bond donors (Lipinski definition) is 1. The molecule has 3 aromatic carbocycles. The van der Waals surface area contributed by atoms with Crippen molar-refractivity contribution in [2.45, 2.75) is 0 Å². The van der Waals surface area contributed by atoms with Gasteiger partial charge >= 0.3 is 5.97 Å². The van der Waals surface area contributed by atoms with Crippen LogP contribution in [0.15, 0.2) is 66.7 Å². The molecule has 0 saturated heterocycles. The maximum Gasteiger partial charge on any atom is 0.338 e. The van der Waals surface area contributed by atoms with E-state index in [1.54, 1.807) is 12.1 Å². The number of para-hydroxylation sites is 1. The van der Waals surface area contributed by atoms with Gasteiger partial charge in [-0.25, -0.2) is 14.1 Å². The minimum atomic E-state index is -0.873. The van der Waals surface area contributed by atoms with Crippen molar-refractivity contribution in [2.24, 2.45) is 0 Å². The summed E-state index contributed by atoms with van der Waals surface area (Å²) in [5.41, 5.74) is 0.785. The number of nitrogens with zero attached hydrogens (tertiary/aromatic N) is 2. The SMILES string of the molecule is N#Cc1ccccc1NC(=O)COC(=O)c1ccc2c(c1)C(=O)N(c1ccc(F)cc1)C2=O. The first-order valence-electron chi connectivity index (χ1n) is 9.63. The molecule has 0 saturated carbocycles. The van der Waals surface area contributed by atoms with Gasteiger partial charge in [-0.1, -0.05) is 12.1 Å². The molecule has 0 unspecified atom stereocenters. The third-order valence-corrected chi connectivity index (χ3v) is 4.86. The van der Waals surface area contributed by atoms with E-state index in [1.165, 1.54) is 42.5 Å². The Balaban J connectivity index is 1.45. The topological polar surface area (TPSA) is 117 Å². The highest BCUT2D eigenvalue weighted by Crippen LogP contribution is 2.29. The number of rotatable bonds is 5. The monoisotopic (exact) mass is 443 g/mol. The highest BCUT2D eigenvalue weighted by atomic mass is 19.1. The average molecular weight is 443 g/mol. The van der Waals surface area contributed by atoms with Crippen LogP contribution < -0.4 is 10.2 Å². The molecule has 9 heteroatoms. The van der Waals surface area contributed by atoms with Gasteiger partial charge in [0.05, 0.1) is 33.6 Å². The largest absolute Gasteiger partial charge is 0.452 e. The van der Waals surface area contributed by atoms with E-state index in [9.17, 15) is 23.6 Å². The van der Waals surface area contributed by atoms with E-state index in [2.05, 4.69) is 5.32 Å². The molecule has 1 aliphatic heterocycles. The third-order valence-electron chi connectivity index (χ3n) is 4.86. The van der Waals surface area contributed by atoms with Crippen LogP contribution in [0.4, 0.5) is 15.8 Å². The van der Waals surface area contributed by atoms with Gasteiger partial charge in [-0.05, 0) is 54.6 Å². The molecular weight excluding hydrogens is 429 g/mol. The number of hydrogen-bond acceptors (Lipinski definition) is 6. The van der Waals surface area contributed by atoms with Crippen molar-refractivity contribution in [1.82, 2.24) is 0 Å². The minimum absolute atomic E-state index is 0.00817. The van der Waals surface area contributed by atoms with E-state index in [0.717, 1.165) is 17.0 Å². The molecule has 4 rings (SSSR count). The van der Waals surface area contributed by atoms with Crippen LogP contribution in [0.25, 0.3) is 0 Å². The summed E-state index contributed by atoms with van der Waals surface area (Å²) in [5.74, 6) is -3.30. The second kappa shape index (κ2) is 8.72. The molecule has 3 amide bonds. The normalized spacial score (nSPS) is 12.2. The van der Waals surface area contributed by atoms with Gasteiger partial charge < -0.3 is 10.1 Å². The number of ether oxygens (including phenoxy) is 1. The van der Waals surface area contributed by atoms with Crippen LogP contribution in [0.5, 0.6) is 0 Å². The molecule has 0 spiro atoms. The van der Waals surface area contributed by atoms with Gasteiger partial charge in [0.25, 0.3) is 17.7 Å². The van der Waals surface area contributed by atoms with Crippen molar-refractivity contribution in [2.75, 3.05) is 16.8 Å².